The molecule has 0 aliphatic carbocycles. The van der Waals surface area contributed by atoms with Gasteiger partial charge in [0.25, 0.3) is 0 Å². The summed E-state index contributed by atoms with van der Waals surface area (Å²) in [6.07, 6.45) is 2.21. The van der Waals surface area contributed by atoms with E-state index in [1.165, 1.54) is 25.9 Å². The first-order chi connectivity index (χ1) is 9.16. The van der Waals surface area contributed by atoms with Gasteiger partial charge in [-0.1, -0.05) is 28.1 Å². The van der Waals surface area contributed by atoms with Gasteiger partial charge < -0.3 is 10.4 Å². The molecule has 1 aliphatic rings. The number of aliphatic hydroxyl groups excluding tert-OH is 1. The Hall–Kier alpha value is -0.420. The van der Waals surface area contributed by atoms with Crippen LogP contribution in [0.25, 0.3) is 0 Å². The van der Waals surface area contributed by atoms with Crippen molar-refractivity contribution in [3.63, 3.8) is 0 Å². The third-order valence-electron chi connectivity index (χ3n) is 3.77. The molecule has 1 aromatic carbocycles. The molecule has 1 fully saturated rings. The Kier molecular flexibility index (Phi) is 5.82. The van der Waals surface area contributed by atoms with Crippen LogP contribution in [0.2, 0.25) is 0 Å². The average Bonchev–Trinajstić information content (AvgIpc) is 2.92. The van der Waals surface area contributed by atoms with E-state index in [1.807, 2.05) is 24.3 Å². The van der Waals surface area contributed by atoms with Gasteiger partial charge in [-0.25, -0.2) is 0 Å². The number of rotatable bonds is 6. The molecule has 0 spiro atoms. The monoisotopic (exact) mass is 326 g/mol. The SMILES string of the molecule is CC(CNCC(O)c1cccc(Br)c1)N1CCCC1. The third-order valence-corrected chi connectivity index (χ3v) is 4.27. The molecule has 1 aromatic rings. The number of benzene rings is 1. The highest BCUT2D eigenvalue weighted by molar-refractivity contribution is 9.10. The normalized spacial score (nSPS) is 19.5. The minimum atomic E-state index is -0.441. The minimum absolute atomic E-state index is 0.441. The van der Waals surface area contributed by atoms with Gasteiger partial charge >= 0.3 is 0 Å². The van der Waals surface area contributed by atoms with Crippen LogP contribution < -0.4 is 5.32 Å². The Bertz CT molecular complexity index is 393. The molecule has 0 radical (unpaired) electrons. The zero-order valence-electron chi connectivity index (χ0n) is 11.5. The summed E-state index contributed by atoms with van der Waals surface area (Å²) in [6.45, 7) is 6.23. The molecule has 19 heavy (non-hydrogen) atoms. The van der Waals surface area contributed by atoms with Crippen molar-refractivity contribution in [1.29, 1.82) is 0 Å². The van der Waals surface area contributed by atoms with Crippen LogP contribution in [0.4, 0.5) is 0 Å². The Balaban J connectivity index is 1.72. The maximum atomic E-state index is 10.1. The van der Waals surface area contributed by atoms with Crippen molar-refractivity contribution in [2.75, 3.05) is 26.2 Å². The van der Waals surface area contributed by atoms with Crippen molar-refractivity contribution in [1.82, 2.24) is 10.2 Å². The van der Waals surface area contributed by atoms with Crippen molar-refractivity contribution < 1.29 is 5.11 Å². The van der Waals surface area contributed by atoms with Crippen LogP contribution >= 0.6 is 15.9 Å². The summed E-state index contributed by atoms with van der Waals surface area (Å²) >= 11 is 3.43. The van der Waals surface area contributed by atoms with Crippen LogP contribution in [0.5, 0.6) is 0 Å². The number of hydrogen-bond donors (Lipinski definition) is 2. The second-order valence-corrected chi connectivity index (χ2v) is 6.24. The van der Waals surface area contributed by atoms with Gasteiger partial charge in [-0.05, 0) is 50.6 Å². The van der Waals surface area contributed by atoms with Crippen molar-refractivity contribution >= 4 is 15.9 Å². The number of hydrogen-bond acceptors (Lipinski definition) is 3. The highest BCUT2D eigenvalue weighted by Crippen LogP contribution is 2.17. The van der Waals surface area contributed by atoms with Gasteiger partial charge in [0.05, 0.1) is 6.10 Å². The molecule has 1 heterocycles. The Morgan fingerprint density at radius 2 is 2.05 bits per heavy atom. The zero-order chi connectivity index (χ0) is 13.7. The maximum Gasteiger partial charge on any atom is 0.0914 e. The molecule has 2 rings (SSSR count). The molecule has 1 saturated heterocycles. The highest BCUT2D eigenvalue weighted by Gasteiger charge is 2.17. The van der Waals surface area contributed by atoms with E-state index < -0.39 is 6.10 Å². The fourth-order valence-electron chi connectivity index (χ4n) is 2.57. The van der Waals surface area contributed by atoms with Crippen LogP contribution in [-0.4, -0.2) is 42.2 Å². The number of likely N-dealkylation sites (tertiary alicyclic amines) is 1. The number of halogens is 1. The standard InChI is InChI=1S/C15H23BrN2O/c1-12(18-7-2-3-8-18)10-17-11-15(19)13-5-4-6-14(16)9-13/h4-6,9,12,15,17,19H,2-3,7-8,10-11H2,1H3. The van der Waals surface area contributed by atoms with E-state index in [0.717, 1.165) is 16.6 Å². The molecule has 106 valence electrons. The largest absolute Gasteiger partial charge is 0.387 e. The first-order valence-corrected chi connectivity index (χ1v) is 7.84. The smallest absolute Gasteiger partial charge is 0.0914 e. The van der Waals surface area contributed by atoms with Gasteiger partial charge in [0.15, 0.2) is 0 Å². The molecule has 4 heteroatoms. The van der Waals surface area contributed by atoms with Crippen LogP contribution in [0.1, 0.15) is 31.4 Å². The first-order valence-electron chi connectivity index (χ1n) is 7.05. The lowest BCUT2D eigenvalue weighted by molar-refractivity contribution is 0.167. The predicted molar refractivity (Wildman–Crippen MR) is 82.2 cm³/mol. The second-order valence-electron chi connectivity index (χ2n) is 5.32. The molecule has 2 N–H and O–H groups in total. The summed E-state index contributed by atoms with van der Waals surface area (Å²) in [5.74, 6) is 0. The number of nitrogens with one attached hydrogen (secondary N) is 1. The second kappa shape index (κ2) is 7.39. The van der Waals surface area contributed by atoms with Gasteiger partial charge in [-0.3, -0.25) is 4.90 Å². The fourth-order valence-corrected chi connectivity index (χ4v) is 2.99. The van der Waals surface area contributed by atoms with E-state index >= 15 is 0 Å². The molecule has 2 unspecified atom stereocenters. The lowest BCUT2D eigenvalue weighted by Gasteiger charge is -2.24. The van der Waals surface area contributed by atoms with Crippen LogP contribution in [0, 0.1) is 0 Å². The van der Waals surface area contributed by atoms with Crippen molar-refractivity contribution in [2.45, 2.75) is 31.9 Å². The molecule has 0 saturated carbocycles. The van der Waals surface area contributed by atoms with E-state index in [1.54, 1.807) is 0 Å². The molecule has 0 bridgehead atoms. The Morgan fingerprint density at radius 1 is 1.32 bits per heavy atom. The lowest BCUT2D eigenvalue weighted by Crippen LogP contribution is -2.39. The fraction of sp³-hybridized carbons (Fsp3) is 0.600. The number of aliphatic hydroxyl groups is 1. The van der Waals surface area contributed by atoms with Gasteiger partial charge in [0.2, 0.25) is 0 Å². The Labute approximate surface area is 124 Å². The quantitative estimate of drug-likeness (QED) is 0.843. The summed E-state index contributed by atoms with van der Waals surface area (Å²) in [4.78, 5) is 2.51. The summed E-state index contributed by atoms with van der Waals surface area (Å²) in [5.41, 5.74) is 0.954. The average molecular weight is 327 g/mol. The summed E-state index contributed by atoms with van der Waals surface area (Å²) < 4.78 is 1.01. The molecule has 0 amide bonds. The van der Waals surface area contributed by atoms with Crippen LogP contribution in [0.15, 0.2) is 28.7 Å². The number of nitrogens with zero attached hydrogens (tertiary/aromatic N) is 1. The molecule has 0 aromatic heterocycles. The van der Waals surface area contributed by atoms with Gasteiger partial charge in [0.1, 0.15) is 0 Å². The molecule has 2 atom stereocenters. The van der Waals surface area contributed by atoms with E-state index in [2.05, 4.69) is 33.1 Å². The lowest BCUT2D eigenvalue weighted by atomic mass is 10.1. The molecular formula is C15H23BrN2O. The predicted octanol–water partition coefficient (Wildman–Crippen LogP) is 2.56. The first kappa shape index (κ1) is 15.0. The van der Waals surface area contributed by atoms with Gasteiger partial charge in [-0.15, -0.1) is 0 Å². The summed E-state index contributed by atoms with van der Waals surface area (Å²) in [6, 6.07) is 8.41. The van der Waals surface area contributed by atoms with E-state index in [-0.39, 0.29) is 0 Å². The molecule has 1 aliphatic heterocycles. The topological polar surface area (TPSA) is 35.5 Å². The maximum absolute atomic E-state index is 10.1. The van der Waals surface area contributed by atoms with Crippen LogP contribution in [-0.2, 0) is 0 Å². The third kappa shape index (κ3) is 4.56. The van der Waals surface area contributed by atoms with Crippen LogP contribution in [0.3, 0.4) is 0 Å². The van der Waals surface area contributed by atoms with E-state index in [9.17, 15) is 5.11 Å². The molecular weight excluding hydrogens is 304 g/mol. The highest BCUT2D eigenvalue weighted by atomic mass is 79.9. The van der Waals surface area contributed by atoms with E-state index in [0.29, 0.717) is 12.6 Å². The molecule has 3 nitrogen and oxygen atoms in total. The Morgan fingerprint density at radius 3 is 2.74 bits per heavy atom. The van der Waals surface area contributed by atoms with Crippen molar-refractivity contribution in [3.05, 3.63) is 34.3 Å². The van der Waals surface area contributed by atoms with Gasteiger partial charge in [-0.2, -0.15) is 0 Å². The minimum Gasteiger partial charge on any atom is -0.387 e. The van der Waals surface area contributed by atoms with Crippen molar-refractivity contribution in [2.24, 2.45) is 0 Å². The van der Waals surface area contributed by atoms with Gasteiger partial charge in [0, 0.05) is 23.6 Å². The zero-order valence-corrected chi connectivity index (χ0v) is 13.1. The van der Waals surface area contributed by atoms with Crippen molar-refractivity contribution in [3.8, 4) is 0 Å². The van der Waals surface area contributed by atoms with E-state index in [4.69, 9.17) is 0 Å². The summed E-state index contributed by atoms with van der Waals surface area (Å²) in [7, 11) is 0. The summed E-state index contributed by atoms with van der Waals surface area (Å²) in [5, 5.41) is 13.5.